The third kappa shape index (κ3) is 5.89. The Labute approximate surface area is 196 Å². The monoisotopic (exact) mass is 504 g/mol. The number of aryl methyl sites for hydroxylation is 1. The quantitative estimate of drug-likeness (QED) is 0.603. The summed E-state index contributed by atoms with van der Waals surface area (Å²) in [5.41, 5.74) is 1.02. The van der Waals surface area contributed by atoms with E-state index in [4.69, 9.17) is 9.47 Å². The number of nitrogens with zero attached hydrogens (tertiary/aromatic N) is 4. The smallest absolute Gasteiger partial charge is 0.244 e. The van der Waals surface area contributed by atoms with E-state index >= 15 is 0 Å². The third-order valence-electron chi connectivity index (χ3n) is 5.96. The number of aromatic nitrogens is 2. The highest BCUT2D eigenvalue weighted by Gasteiger charge is 2.35. The van der Waals surface area contributed by atoms with E-state index in [2.05, 4.69) is 21.0 Å². The fourth-order valence-corrected chi connectivity index (χ4v) is 4.64. The van der Waals surface area contributed by atoms with E-state index in [0.717, 1.165) is 15.8 Å². The number of piperidine rings is 1. The Morgan fingerprint density at radius 1 is 1.19 bits per heavy atom. The molecular weight excluding hydrogens is 476 g/mol. The summed E-state index contributed by atoms with van der Waals surface area (Å²) in [5.74, 6) is 0.789. The molecule has 2 saturated heterocycles. The molecule has 2 atom stereocenters. The van der Waals surface area contributed by atoms with E-state index in [1.54, 1.807) is 10.9 Å². The van der Waals surface area contributed by atoms with E-state index in [-0.39, 0.29) is 30.4 Å². The predicted octanol–water partition coefficient (Wildman–Crippen LogP) is 2.50. The summed E-state index contributed by atoms with van der Waals surface area (Å²) in [4.78, 5) is 29.6. The predicted molar refractivity (Wildman–Crippen MR) is 122 cm³/mol. The number of halogens is 1. The van der Waals surface area contributed by atoms with E-state index in [9.17, 15) is 9.59 Å². The van der Waals surface area contributed by atoms with Crippen molar-refractivity contribution in [2.45, 2.75) is 32.4 Å². The van der Waals surface area contributed by atoms with Gasteiger partial charge in [0.05, 0.1) is 19.4 Å². The zero-order chi connectivity index (χ0) is 22.5. The van der Waals surface area contributed by atoms with Gasteiger partial charge in [0.15, 0.2) is 0 Å². The number of carbonyl (C=O) groups excluding carboxylic acids is 2. The summed E-state index contributed by atoms with van der Waals surface area (Å²) in [6.07, 6.45) is 4.50. The van der Waals surface area contributed by atoms with Gasteiger partial charge in [0.2, 0.25) is 11.8 Å². The summed E-state index contributed by atoms with van der Waals surface area (Å²) >= 11 is 3.48. The first-order valence-electron chi connectivity index (χ1n) is 11.0. The summed E-state index contributed by atoms with van der Waals surface area (Å²) in [6.45, 7) is 5.62. The van der Waals surface area contributed by atoms with Crippen molar-refractivity contribution in [1.29, 1.82) is 0 Å². The van der Waals surface area contributed by atoms with Gasteiger partial charge in [-0.15, -0.1) is 0 Å². The van der Waals surface area contributed by atoms with Crippen LogP contribution in [0.15, 0.2) is 41.1 Å². The van der Waals surface area contributed by atoms with Crippen molar-refractivity contribution in [1.82, 2.24) is 19.6 Å². The lowest BCUT2D eigenvalue weighted by atomic mass is 9.90. The molecule has 3 heterocycles. The molecular formula is C23H29BrN4O4. The molecule has 2 aliphatic heterocycles. The Hall–Kier alpha value is -2.39. The highest BCUT2D eigenvalue weighted by atomic mass is 79.9. The minimum absolute atomic E-state index is 0.0119. The maximum atomic E-state index is 13.0. The molecule has 2 aromatic rings. The Morgan fingerprint density at radius 2 is 2.00 bits per heavy atom. The second kappa shape index (κ2) is 10.5. The molecule has 32 heavy (non-hydrogen) atoms. The summed E-state index contributed by atoms with van der Waals surface area (Å²) < 4.78 is 14.3. The molecule has 0 spiro atoms. The van der Waals surface area contributed by atoms with Gasteiger partial charge >= 0.3 is 0 Å². The molecule has 9 heteroatoms. The molecule has 0 saturated carbocycles. The van der Waals surface area contributed by atoms with Crippen molar-refractivity contribution in [3.05, 3.63) is 46.7 Å². The zero-order valence-electron chi connectivity index (χ0n) is 18.3. The number of benzene rings is 1. The lowest BCUT2D eigenvalue weighted by Gasteiger charge is -2.39. The molecule has 172 valence electrons. The molecule has 8 nitrogen and oxygen atoms in total. The number of ether oxygens (including phenoxy) is 2. The highest BCUT2D eigenvalue weighted by Crippen LogP contribution is 2.28. The van der Waals surface area contributed by atoms with Crippen LogP contribution >= 0.6 is 15.9 Å². The average Bonchev–Trinajstić information content (AvgIpc) is 3.20. The fourth-order valence-electron chi connectivity index (χ4n) is 4.26. The van der Waals surface area contributed by atoms with Gasteiger partial charge in [-0.05, 0) is 30.7 Å². The van der Waals surface area contributed by atoms with Crippen LogP contribution in [0.2, 0.25) is 0 Å². The van der Waals surface area contributed by atoms with Crippen molar-refractivity contribution >= 4 is 27.7 Å². The van der Waals surface area contributed by atoms with Crippen molar-refractivity contribution in [2.24, 2.45) is 5.92 Å². The van der Waals surface area contributed by atoms with Crippen LogP contribution in [0.3, 0.4) is 0 Å². The molecule has 1 aromatic carbocycles. The standard InChI is InChI=1S/C23H29BrN4O4/c1-17-13-25-28(14-17)16-23(30)27-6-5-21(32-20-4-2-3-19(24)12-20)18(15-27)11-22(29)26-7-9-31-10-8-26/h2-4,12-14,18,21H,5-11,15-16H2,1H3/t18-,21-/m0/s1. The first kappa shape index (κ1) is 22.8. The molecule has 0 radical (unpaired) electrons. The average molecular weight is 505 g/mol. The van der Waals surface area contributed by atoms with Crippen molar-refractivity contribution in [2.75, 3.05) is 39.4 Å². The van der Waals surface area contributed by atoms with Crippen LogP contribution in [0.5, 0.6) is 5.75 Å². The Bertz CT molecular complexity index is 944. The number of hydrogen-bond donors (Lipinski definition) is 0. The van der Waals surface area contributed by atoms with Gasteiger partial charge in [0.1, 0.15) is 18.4 Å². The molecule has 0 N–H and O–H groups in total. The molecule has 2 amide bonds. The van der Waals surface area contributed by atoms with Crippen LogP contribution in [-0.4, -0.2) is 76.9 Å². The van der Waals surface area contributed by atoms with Crippen LogP contribution in [0, 0.1) is 12.8 Å². The minimum atomic E-state index is -0.134. The SMILES string of the molecule is Cc1cnn(CC(=O)N2CC[C@H](Oc3cccc(Br)c3)[C@@H](CC(=O)N3CCOCC3)C2)c1. The maximum absolute atomic E-state index is 13.0. The number of likely N-dealkylation sites (tertiary alicyclic amines) is 1. The molecule has 2 fully saturated rings. The second-order valence-electron chi connectivity index (χ2n) is 8.41. The fraction of sp³-hybridized carbons (Fsp3) is 0.522. The summed E-state index contributed by atoms with van der Waals surface area (Å²) in [5, 5.41) is 4.23. The Balaban J connectivity index is 1.44. The molecule has 0 bridgehead atoms. The number of morpholine rings is 1. The second-order valence-corrected chi connectivity index (χ2v) is 9.33. The Kier molecular flexibility index (Phi) is 7.47. The number of hydrogen-bond acceptors (Lipinski definition) is 5. The Morgan fingerprint density at radius 3 is 2.72 bits per heavy atom. The lowest BCUT2D eigenvalue weighted by molar-refractivity contribution is -0.141. The van der Waals surface area contributed by atoms with Crippen molar-refractivity contribution in [3.63, 3.8) is 0 Å². The van der Waals surface area contributed by atoms with Crippen LogP contribution < -0.4 is 4.74 Å². The van der Waals surface area contributed by atoms with Gasteiger partial charge < -0.3 is 19.3 Å². The number of carbonyl (C=O) groups is 2. The normalized spacial score (nSPS) is 21.4. The lowest BCUT2D eigenvalue weighted by Crippen LogP contribution is -2.51. The van der Waals surface area contributed by atoms with E-state index in [0.29, 0.717) is 52.2 Å². The maximum Gasteiger partial charge on any atom is 0.244 e. The van der Waals surface area contributed by atoms with Gasteiger partial charge in [-0.25, -0.2) is 0 Å². The molecule has 2 aliphatic rings. The molecule has 0 aliphatic carbocycles. The van der Waals surface area contributed by atoms with Crippen molar-refractivity contribution < 1.29 is 19.1 Å². The molecule has 4 rings (SSSR count). The van der Waals surface area contributed by atoms with Gasteiger partial charge in [0, 0.05) is 55.6 Å². The van der Waals surface area contributed by atoms with E-state index < -0.39 is 0 Å². The number of rotatable bonds is 6. The minimum Gasteiger partial charge on any atom is -0.490 e. The zero-order valence-corrected chi connectivity index (χ0v) is 19.9. The van der Waals surface area contributed by atoms with E-state index in [1.165, 1.54) is 0 Å². The highest BCUT2D eigenvalue weighted by molar-refractivity contribution is 9.10. The third-order valence-corrected chi connectivity index (χ3v) is 6.45. The van der Waals surface area contributed by atoms with Crippen molar-refractivity contribution in [3.8, 4) is 5.75 Å². The first-order chi connectivity index (χ1) is 15.5. The van der Waals surface area contributed by atoms with Crippen LogP contribution in [0.25, 0.3) is 0 Å². The number of amides is 2. The van der Waals surface area contributed by atoms with Gasteiger partial charge in [-0.1, -0.05) is 22.0 Å². The van der Waals surface area contributed by atoms with Crippen LogP contribution in [-0.2, 0) is 20.9 Å². The first-order valence-corrected chi connectivity index (χ1v) is 11.8. The topological polar surface area (TPSA) is 76.9 Å². The largest absolute Gasteiger partial charge is 0.490 e. The van der Waals surface area contributed by atoms with E-state index in [1.807, 2.05) is 47.2 Å². The summed E-state index contributed by atoms with van der Waals surface area (Å²) in [7, 11) is 0. The van der Waals surface area contributed by atoms with Gasteiger partial charge in [0.25, 0.3) is 0 Å². The van der Waals surface area contributed by atoms with Gasteiger partial charge in [-0.3, -0.25) is 14.3 Å². The molecule has 0 unspecified atom stereocenters. The van der Waals surface area contributed by atoms with Gasteiger partial charge in [-0.2, -0.15) is 5.10 Å². The van der Waals surface area contributed by atoms with Crippen LogP contribution in [0.4, 0.5) is 0 Å². The summed E-state index contributed by atoms with van der Waals surface area (Å²) in [6, 6.07) is 7.73. The van der Waals surface area contributed by atoms with Crippen LogP contribution in [0.1, 0.15) is 18.4 Å². The molecule has 1 aromatic heterocycles.